The van der Waals surface area contributed by atoms with Crippen LogP contribution in [0.5, 0.6) is 5.75 Å². The average molecular weight is 263 g/mol. The number of rotatable bonds is 10. The van der Waals surface area contributed by atoms with Crippen LogP contribution < -0.4 is 10.1 Å². The molecule has 1 atom stereocenters. The third-order valence-electron chi connectivity index (χ3n) is 3.24. The van der Waals surface area contributed by atoms with Crippen LogP contribution in [0.1, 0.15) is 64.5 Å². The molecular weight excluding hydrogens is 234 g/mol. The molecule has 0 radical (unpaired) electrons. The standard InChI is InChI=1S/C17H29NO/c1-4-7-11-16(18-13-5-2)15-10-8-9-12-17(15)19-14-6-3/h8-10,12,16,18H,4-7,11,13-14H2,1-3H3. The highest BCUT2D eigenvalue weighted by atomic mass is 16.5. The largest absolute Gasteiger partial charge is 0.493 e. The van der Waals surface area contributed by atoms with Crippen LogP contribution in [0, 0.1) is 0 Å². The molecule has 1 rings (SSSR count). The Morgan fingerprint density at radius 1 is 1.05 bits per heavy atom. The number of hydrogen-bond acceptors (Lipinski definition) is 2. The van der Waals surface area contributed by atoms with E-state index in [9.17, 15) is 0 Å². The van der Waals surface area contributed by atoms with E-state index < -0.39 is 0 Å². The molecular formula is C17H29NO. The molecule has 2 nitrogen and oxygen atoms in total. The third kappa shape index (κ3) is 5.65. The predicted octanol–water partition coefficient (Wildman–Crippen LogP) is 4.71. The van der Waals surface area contributed by atoms with Gasteiger partial charge in [-0.05, 0) is 31.9 Å². The molecule has 0 aromatic heterocycles. The number of ether oxygens (including phenoxy) is 1. The molecule has 0 saturated carbocycles. The molecule has 0 bridgehead atoms. The van der Waals surface area contributed by atoms with Crippen molar-refractivity contribution in [1.29, 1.82) is 0 Å². The van der Waals surface area contributed by atoms with Gasteiger partial charge in [0.05, 0.1) is 6.61 Å². The van der Waals surface area contributed by atoms with Gasteiger partial charge < -0.3 is 10.1 Å². The highest BCUT2D eigenvalue weighted by Gasteiger charge is 2.14. The van der Waals surface area contributed by atoms with Crippen LogP contribution in [0.2, 0.25) is 0 Å². The Balaban J connectivity index is 2.79. The van der Waals surface area contributed by atoms with E-state index in [2.05, 4.69) is 50.4 Å². The maximum atomic E-state index is 5.89. The van der Waals surface area contributed by atoms with Gasteiger partial charge >= 0.3 is 0 Å². The smallest absolute Gasteiger partial charge is 0.124 e. The number of unbranched alkanes of at least 4 members (excludes halogenated alkanes) is 1. The molecule has 0 aliphatic rings. The first-order valence-corrected chi connectivity index (χ1v) is 7.78. The summed E-state index contributed by atoms with van der Waals surface area (Å²) in [7, 11) is 0. The molecule has 0 saturated heterocycles. The summed E-state index contributed by atoms with van der Waals surface area (Å²) < 4.78 is 5.89. The first-order chi connectivity index (χ1) is 9.33. The fourth-order valence-electron chi connectivity index (χ4n) is 2.21. The molecule has 0 aliphatic carbocycles. The van der Waals surface area contributed by atoms with Gasteiger partial charge in [0.2, 0.25) is 0 Å². The molecule has 0 amide bonds. The second kappa shape index (κ2) is 9.85. The van der Waals surface area contributed by atoms with E-state index >= 15 is 0 Å². The molecule has 0 heterocycles. The Kier molecular flexibility index (Phi) is 8.31. The van der Waals surface area contributed by atoms with Crippen molar-refractivity contribution in [1.82, 2.24) is 5.32 Å². The number of nitrogens with one attached hydrogen (secondary N) is 1. The van der Waals surface area contributed by atoms with E-state index in [1.54, 1.807) is 0 Å². The highest BCUT2D eigenvalue weighted by Crippen LogP contribution is 2.28. The lowest BCUT2D eigenvalue weighted by atomic mass is 10.00. The van der Waals surface area contributed by atoms with Crippen LogP contribution in [-0.2, 0) is 0 Å². The molecule has 1 aromatic carbocycles. The van der Waals surface area contributed by atoms with Gasteiger partial charge in [0.25, 0.3) is 0 Å². The van der Waals surface area contributed by atoms with Crippen LogP contribution in [0.15, 0.2) is 24.3 Å². The van der Waals surface area contributed by atoms with Crippen LogP contribution in [0.3, 0.4) is 0 Å². The monoisotopic (exact) mass is 263 g/mol. The summed E-state index contributed by atoms with van der Waals surface area (Å²) >= 11 is 0. The molecule has 1 N–H and O–H groups in total. The van der Waals surface area contributed by atoms with Crippen LogP contribution in [0.4, 0.5) is 0 Å². The van der Waals surface area contributed by atoms with E-state index in [0.29, 0.717) is 6.04 Å². The third-order valence-corrected chi connectivity index (χ3v) is 3.24. The van der Waals surface area contributed by atoms with Crippen molar-refractivity contribution in [3.8, 4) is 5.75 Å². The van der Waals surface area contributed by atoms with Gasteiger partial charge in [-0.1, -0.05) is 51.8 Å². The van der Waals surface area contributed by atoms with Gasteiger partial charge in [-0.15, -0.1) is 0 Å². The van der Waals surface area contributed by atoms with Crippen molar-refractivity contribution < 1.29 is 4.74 Å². The zero-order chi connectivity index (χ0) is 13.9. The lowest BCUT2D eigenvalue weighted by Gasteiger charge is -2.21. The summed E-state index contributed by atoms with van der Waals surface area (Å²) in [4.78, 5) is 0. The Labute approximate surface area is 118 Å². The predicted molar refractivity (Wildman–Crippen MR) is 82.8 cm³/mol. The minimum Gasteiger partial charge on any atom is -0.493 e. The van der Waals surface area contributed by atoms with E-state index in [0.717, 1.165) is 25.3 Å². The molecule has 0 aliphatic heterocycles. The molecule has 108 valence electrons. The summed E-state index contributed by atoms with van der Waals surface area (Å²) in [6.07, 6.45) is 5.89. The topological polar surface area (TPSA) is 21.3 Å². The zero-order valence-corrected chi connectivity index (χ0v) is 12.7. The van der Waals surface area contributed by atoms with Crippen molar-refractivity contribution in [2.75, 3.05) is 13.2 Å². The molecule has 1 unspecified atom stereocenters. The summed E-state index contributed by atoms with van der Waals surface area (Å²) in [5, 5.41) is 3.66. The van der Waals surface area contributed by atoms with Gasteiger partial charge in [-0.25, -0.2) is 0 Å². The maximum Gasteiger partial charge on any atom is 0.124 e. The zero-order valence-electron chi connectivity index (χ0n) is 12.7. The molecule has 1 aromatic rings. The van der Waals surface area contributed by atoms with E-state index in [1.165, 1.54) is 31.2 Å². The first-order valence-electron chi connectivity index (χ1n) is 7.78. The first kappa shape index (κ1) is 16.0. The number of hydrogen-bond donors (Lipinski definition) is 1. The highest BCUT2D eigenvalue weighted by molar-refractivity contribution is 5.36. The minimum absolute atomic E-state index is 0.424. The Bertz CT molecular complexity index is 330. The van der Waals surface area contributed by atoms with Gasteiger partial charge in [0, 0.05) is 11.6 Å². The average Bonchev–Trinajstić information content (AvgIpc) is 2.46. The van der Waals surface area contributed by atoms with Crippen molar-refractivity contribution in [3.63, 3.8) is 0 Å². The van der Waals surface area contributed by atoms with Gasteiger partial charge in [-0.3, -0.25) is 0 Å². The van der Waals surface area contributed by atoms with Crippen molar-refractivity contribution in [2.24, 2.45) is 0 Å². The summed E-state index contributed by atoms with van der Waals surface area (Å²) in [5.41, 5.74) is 1.32. The van der Waals surface area contributed by atoms with Crippen molar-refractivity contribution in [2.45, 2.75) is 58.9 Å². The Morgan fingerprint density at radius 2 is 1.84 bits per heavy atom. The van der Waals surface area contributed by atoms with E-state index in [4.69, 9.17) is 4.74 Å². The Hall–Kier alpha value is -1.02. The number of benzene rings is 1. The SMILES string of the molecule is CCCCC(NCCC)c1ccccc1OCCC. The molecule has 0 spiro atoms. The van der Waals surface area contributed by atoms with Gasteiger partial charge in [-0.2, -0.15) is 0 Å². The minimum atomic E-state index is 0.424. The summed E-state index contributed by atoms with van der Waals surface area (Å²) in [5.74, 6) is 1.05. The van der Waals surface area contributed by atoms with Gasteiger partial charge in [0.1, 0.15) is 5.75 Å². The quantitative estimate of drug-likeness (QED) is 0.660. The van der Waals surface area contributed by atoms with Crippen LogP contribution in [0.25, 0.3) is 0 Å². The second-order valence-corrected chi connectivity index (χ2v) is 5.04. The Morgan fingerprint density at radius 3 is 2.53 bits per heavy atom. The fourth-order valence-corrected chi connectivity index (χ4v) is 2.21. The molecule has 2 heteroatoms. The van der Waals surface area contributed by atoms with E-state index in [1.807, 2.05) is 0 Å². The van der Waals surface area contributed by atoms with Crippen molar-refractivity contribution in [3.05, 3.63) is 29.8 Å². The molecule has 0 fully saturated rings. The molecule has 19 heavy (non-hydrogen) atoms. The second-order valence-electron chi connectivity index (χ2n) is 5.04. The summed E-state index contributed by atoms with van der Waals surface area (Å²) in [6.45, 7) is 8.47. The van der Waals surface area contributed by atoms with Crippen molar-refractivity contribution >= 4 is 0 Å². The normalized spacial score (nSPS) is 12.4. The summed E-state index contributed by atoms with van der Waals surface area (Å²) in [6, 6.07) is 8.89. The number of para-hydroxylation sites is 1. The lowest BCUT2D eigenvalue weighted by Crippen LogP contribution is -2.22. The van der Waals surface area contributed by atoms with Crippen LogP contribution in [-0.4, -0.2) is 13.2 Å². The van der Waals surface area contributed by atoms with Gasteiger partial charge in [0.15, 0.2) is 0 Å². The van der Waals surface area contributed by atoms with E-state index in [-0.39, 0.29) is 0 Å². The lowest BCUT2D eigenvalue weighted by molar-refractivity contribution is 0.308. The fraction of sp³-hybridized carbons (Fsp3) is 0.647. The van der Waals surface area contributed by atoms with Crippen LogP contribution >= 0.6 is 0 Å². The maximum absolute atomic E-state index is 5.89.